The van der Waals surface area contributed by atoms with Gasteiger partial charge in [-0.3, -0.25) is 10.1 Å². The zero-order valence-electron chi connectivity index (χ0n) is 10.6. The third-order valence-electron chi connectivity index (χ3n) is 2.53. The summed E-state index contributed by atoms with van der Waals surface area (Å²) >= 11 is 0. The fourth-order valence-corrected chi connectivity index (χ4v) is 1.69. The van der Waals surface area contributed by atoms with Crippen LogP contribution in [0.3, 0.4) is 0 Å². The summed E-state index contributed by atoms with van der Waals surface area (Å²) in [6.07, 6.45) is 0. The average molecular weight is 276 g/mol. The molecule has 0 aliphatic rings. The van der Waals surface area contributed by atoms with Crippen molar-refractivity contribution < 1.29 is 14.5 Å². The largest absolute Gasteiger partial charge is 0.461 e. The maximum atomic E-state index is 11.6. The van der Waals surface area contributed by atoms with E-state index < -0.39 is 10.9 Å². The van der Waals surface area contributed by atoms with Gasteiger partial charge in [0.15, 0.2) is 5.69 Å². The van der Waals surface area contributed by atoms with Crippen molar-refractivity contribution in [3.63, 3.8) is 0 Å². The fraction of sp³-hybridized carbons (Fsp3) is 0.167. The van der Waals surface area contributed by atoms with Crippen molar-refractivity contribution in [1.82, 2.24) is 9.78 Å². The Morgan fingerprint density at radius 2 is 2.20 bits per heavy atom. The van der Waals surface area contributed by atoms with E-state index in [1.165, 1.54) is 24.3 Å². The molecule has 1 aromatic carbocycles. The van der Waals surface area contributed by atoms with Gasteiger partial charge >= 0.3 is 5.97 Å². The Bertz CT molecular complexity index is 665. The van der Waals surface area contributed by atoms with Crippen LogP contribution >= 0.6 is 0 Å². The summed E-state index contributed by atoms with van der Waals surface area (Å²) in [6, 6.07) is 7.30. The van der Waals surface area contributed by atoms with Crippen LogP contribution in [-0.4, -0.2) is 27.3 Å². The Balaban J connectivity index is 2.49. The summed E-state index contributed by atoms with van der Waals surface area (Å²) in [5, 5.41) is 14.9. The number of para-hydroxylation sites is 2. The second-order valence-electron chi connectivity index (χ2n) is 3.83. The van der Waals surface area contributed by atoms with Crippen molar-refractivity contribution >= 4 is 17.5 Å². The zero-order valence-corrected chi connectivity index (χ0v) is 10.6. The molecule has 1 heterocycles. The van der Waals surface area contributed by atoms with Crippen LogP contribution in [0.4, 0.5) is 11.5 Å². The number of esters is 1. The molecular weight excluding hydrogens is 264 g/mol. The van der Waals surface area contributed by atoms with Gasteiger partial charge in [0.2, 0.25) is 0 Å². The number of hydrogen-bond acceptors (Lipinski definition) is 6. The Morgan fingerprint density at radius 3 is 2.85 bits per heavy atom. The Morgan fingerprint density at radius 1 is 1.50 bits per heavy atom. The van der Waals surface area contributed by atoms with E-state index >= 15 is 0 Å². The molecule has 0 radical (unpaired) electrons. The number of ether oxygens (including phenoxy) is 1. The van der Waals surface area contributed by atoms with Gasteiger partial charge in [0, 0.05) is 12.1 Å². The summed E-state index contributed by atoms with van der Waals surface area (Å²) in [6.45, 7) is 1.87. The van der Waals surface area contributed by atoms with Crippen molar-refractivity contribution in [2.75, 3.05) is 12.3 Å². The van der Waals surface area contributed by atoms with Crippen molar-refractivity contribution in [3.05, 3.63) is 46.1 Å². The number of carbonyl (C=O) groups is 1. The average Bonchev–Trinajstić information content (AvgIpc) is 2.81. The highest BCUT2D eigenvalue weighted by Gasteiger charge is 2.20. The third kappa shape index (κ3) is 2.44. The van der Waals surface area contributed by atoms with Crippen LogP contribution in [0.1, 0.15) is 17.4 Å². The van der Waals surface area contributed by atoms with Gasteiger partial charge in [-0.25, -0.2) is 9.48 Å². The van der Waals surface area contributed by atoms with E-state index in [4.69, 9.17) is 10.5 Å². The SMILES string of the molecule is CCOC(=O)c1cc(N)n(-c2ccccc2[N+](=O)[O-])n1. The van der Waals surface area contributed by atoms with Crippen LogP contribution in [0.15, 0.2) is 30.3 Å². The summed E-state index contributed by atoms with van der Waals surface area (Å²) in [5.74, 6) is -0.515. The highest BCUT2D eigenvalue weighted by atomic mass is 16.6. The van der Waals surface area contributed by atoms with E-state index in [0.717, 1.165) is 4.68 Å². The lowest BCUT2D eigenvalue weighted by atomic mass is 10.3. The number of nitrogen functional groups attached to an aromatic ring is 1. The zero-order chi connectivity index (χ0) is 14.7. The summed E-state index contributed by atoms with van der Waals surface area (Å²) in [4.78, 5) is 22.0. The molecule has 2 N–H and O–H groups in total. The van der Waals surface area contributed by atoms with Gasteiger partial charge in [-0.05, 0) is 13.0 Å². The number of nitrogens with two attached hydrogens (primary N) is 1. The molecule has 0 amide bonds. The van der Waals surface area contributed by atoms with Gasteiger partial charge in [0.1, 0.15) is 11.5 Å². The summed E-state index contributed by atoms with van der Waals surface area (Å²) in [7, 11) is 0. The van der Waals surface area contributed by atoms with Gasteiger partial charge in [-0.2, -0.15) is 5.10 Å². The molecule has 0 spiro atoms. The second kappa shape index (κ2) is 5.39. The normalized spacial score (nSPS) is 10.2. The van der Waals surface area contributed by atoms with Crippen LogP contribution in [0.5, 0.6) is 0 Å². The first-order valence-electron chi connectivity index (χ1n) is 5.81. The van der Waals surface area contributed by atoms with Gasteiger partial charge in [0.25, 0.3) is 5.69 Å². The molecule has 8 nitrogen and oxygen atoms in total. The monoisotopic (exact) mass is 276 g/mol. The van der Waals surface area contributed by atoms with Crippen LogP contribution < -0.4 is 5.73 Å². The summed E-state index contributed by atoms with van der Waals surface area (Å²) < 4.78 is 5.95. The predicted molar refractivity (Wildman–Crippen MR) is 70.6 cm³/mol. The minimum absolute atomic E-state index is 0.00232. The second-order valence-corrected chi connectivity index (χ2v) is 3.83. The fourth-order valence-electron chi connectivity index (χ4n) is 1.69. The smallest absolute Gasteiger partial charge is 0.358 e. The topological polar surface area (TPSA) is 113 Å². The molecule has 2 rings (SSSR count). The molecule has 0 aliphatic carbocycles. The molecule has 0 fully saturated rings. The molecule has 0 saturated heterocycles. The number of carbonyl (C=O) groups excluding carboxylic acids is 1. The quantitative estimate of drug-likeness (QED) is 0.514. The highest BCUT2D eigenvalue weighted by molar-refractivity contribution is 5.88. The lowest BCUT2D eigenvalue weighted by molar-refractivity contribution is -0.384. The van der Waals surface area contributed by atoms with Crippen molar-refractivity contribution in [3.8, 4) is 5.69 Å². The number of hydrogen-bond donors (Lipinski definition) is 1. The Labute approximate surface area is 113 Å². The highest BCUT2D eigenvalue weighted by Crippen LogP contribution is 2.24. The molecular formula is C12H12N4O4. The molecule has 1 aromatic heterocycles. The van der Waals surface area contributed by atoms with E-state index in [-0.39, 0.29) is 29.5 Å². The maximum absolute atomic E-state index is 11.6. The number of anilines is 1. The van der Waals surface area contributed by atoms with Crippen LogP contribution in [0, 0.1) is 10.1 Å². The van der Waals surface area contributed by atoms with E-state index in [9.17, 15) is 14.9 Å². The molecule has 0 saturated carbocycles. The number of nitro groups is 1. The number of aromatic nitrogens is 2. The van der Waals surface area contributed by atoms with E-state index in [0.29, 0.717) is 0 Å². The lowest BCUT2D eigenvalue weighted by Crippen LogP contribution is -2.08. The molecule has 104 valence electrons. The molecule has 20 heavy (non-hydrogen) atoms. The van der Waals surface area contributed by atoms with Crippen molar-refractivity contribution in [2.24, 2.45) is 0 Å². The van der Waals surface area contributed by atoms with Gasteiger partial charge in [0.05, 0.1) is 11.5 Å². The third-order valence-corrected chi connectivity index (χ3v) is 2.53. The van der Waals surface area contributed by atoms with E-state index in [1.54, 1.807) is 13.0 Å². The number of nitro benzene ring substituents is 1. The summed E-state index contributed by atoms with van der Waals surface area (Å²) in [5.41, 5.74) is 5.78. The molecule has 2 aromatic rings. The molecule has 0 aliphatic heterocycles. The minimum Gasteiger partial charge on any atom is -0.461 e. The van der Waals surface area contributed by atoms with Crippen LogP contribution in [0.25, 0.3) is 5.69 Å². The first-order valence-corrected chi connectivity index (χ1v) is 5.81. The standard InChI is InChI=1S/C12H12N4O4/c1-2-20-12(17)8-7-11(13)15(14-8)9-5-3-4-6-10(9)16(18)19/h3-7H,2,13H2,1H3. The minimum atomic E-state index is -0.628. The molecule has 8 heteroatoms. The van der Waals surface area contributed by atoms with Gasteiger partial charge < -0.3 is 10.5 Å². The molecule has 0 atom stereocenters. The number of rotatable bonds is 4. The molecule has 0 unspecified atom stereocenters. The van der Waals surface area contributed by atoms with E-state index in [1.807, 2.05) is 0 Å². The van der Waals surface area contributed by atoms with Crippen molar-refractivity contribution in [2.45, 2.75) is 6.92 Å². The van der Waals surface area contributed by atoms with Crippen molar-refractivity contribution in [1.29, 1.82) is 0 Å². The van der Waals surface area contributed by atoms with Gasteiger partial charge in [-0.15, -0.1) is 0 Å². The predicted octanol–water partition coefficient (Wildman–Crippen LogP) is 1.54. The van der Waals surface area contributed by atoms with Crippen LogP contribution in [-0.2, 0) is 4.74 Å². The Kier molecular flexibility index (Phi) is 3.65. The van der Waals surface area contributed by atoms with Gasteiger partial charge in [-0.1, -0.05) is 12.1 Å². The molecule has 0 bridgehead atoms. The number of benzene rings is 1. The lowest BCUT2D eigenvalue weighted by Gasteiger charge is -2.04. The van der Waals surface area contributed by atoms with E-state index in [2.05, 4.69) is 5.10 Å². The first kappa shape index (κ1) is 13.5. The van der Waals surface area contributed by atoms with Crippen LogP contribution in [0.2, 0.25) is 0 Å². The maximum Gasteiger partial charge on any atom is 0.358 e. The first-order chi connectivity index (χ1) is 9.54. The number of nitrogens with zero attached hydrogens (tertiary/aromatic N) is 3. The Hall–Kier alpha value is -2.90.